The molecule has 0 bridgehead atoms. The van der Waals surface area contributed by atoms with Crippen LogP contribution in [0.1, 0.15) is 41.0 Å². The van der Waals surface area contributed by atoms with Crippen LogP contribution in [-0.4, -0.2) is 71.4 Å². The number of rotatable bonds is 7. The number of alkyl halides is 3. The number of ether oxygens (including phenoxy) is 1. The van der Waals surface area contributed by atoms with E-state index >= 15 is 0 Å². The van der Waals surface area contributed by atoms with Gasteiger partial charge in [-0.15, -0.1) is 0 Å². The first-order valence-electron chi connectivity index (χ1n) is 13.3. The molecule has 0 radical (unpaired) electrons. The van der Waals surface area contributed by atoms with E-state index in [2.05, 4.69) is 10.6 Å². The van der Waals surface area contributed by atoms with Crippen molar-refractivity contribution in [1.29, 1.82) is 0 Å². The molecule has 2 fully saturated rings. The van der Waals surface area contributed by atoms with E-state index in [9.17, 15) is 41.5 Å². The van der Waals surface area contributed by atoms with E-state index in [1.807, 2.05) is 13.8 Å². The summed E-state index contributed by atoms with van der Waals surface area (Å²) in [6.45, 7) is 8.24. The van der Waals surface area contributed by atoms with Crippen LogP contribution in [0.5, 0.6) is 5.75 Å². The van der Waals surface area contributed by atoms with E-state index in [-0.39, 0.29) is 29.8 Å². The van der Waals surface area contributed by atoms with Gasteiger partial charge in [0.05, 0.1) is 5.69 Å². The minimum atomic E-state index is -5.23. The van der Waals surface area contributed by atoms with E-state index in [1.165, 1.54) is 26.8 Å². The standard InChI is InChI=1S/C27H33F4N5O6/c1-25(2,3)19(35-24(41)27(29,30)31)23(40)36-10-12-17(26(12,4)5)18(36)22(39)34-14(20(32)37)9-16-21(38)33-13-8-11(28)6-7-15(13)42-16/h6-8,12,14,16-19H,9-10H2,1-5H3,(H2,32,37)(H,33,38)(H,34,39)(H,35,41)/t12-,14-,16-,17-,18-,19+/m0/s1. The van der Waals surface area contributed by atoms with Crippen molar-refractivity contribution < 1.29 is 46.3 Å². The molecule has 1 saturated heterocycles. The van der Waals surface area contributed by atoms with Crippen molar-refractivity contribution in [3.05, 3.63) is 24.0 Å². The maximum absolute atomic E-state index is 13.6. The van der Waals surface area contributed by atoms with Crippen LogP contribution in [0, 0.1) is 28.5 Å². The van der Waals surface area contributed by atoms with Crippen molar-refractivity contribution in [3.63, 3.8) is 0 Å². The molecule has 42 heavy (non-hydrogen) atoms. The van der Waals surface area contributed by atoms with Crippen molar-refractivity contribution in [2.75, 3.05) is 11.9 Å². The topological polar surface area (TPSA) is 160 Å². The van der Waals surface area contributed by atoms with Gasteiger partial charge >= 0.3 is 12.1 Å². The molecule has 6 atom stereocenters. The molecule has 2 heterocycles. The molecule has 2 aliphatic heterocycles. The Balaban J connectivity index is 1.54. The molecule has 11 nitrogen and oxygen atoms in total. The molecule has 15 heteroatoms. The molecule has 230 valence electrons. The third kappa shape index (κ3) is 5.86. The average molecular weight is 600 g/mol. The first-order chi connectivity index (χ1) is 19.2. The zero-order chi connectivity index (χ0) is 31.5. The Hall–Kier alpha value is -3.91. The van der Waals surface area contributed by atoms with Crippen molar-refractivity contribution in [3.8, 4) is 5.75 Å². The van der Waals surface area contributed by atoms with Crippen molar-refractivity contribution >= 4 is 35.2 Å². The number of amides is 5. The number of carbonyl (C=O) groups excluding carboxylic acids is 5. The van der Waals surface area contributed by atoms with Crippen molar-refractivity contribution in [1.82, 2.24) is 15.5 Å². The largest absolute Gasteiger partial charge is 0.478 e. The third-order valence-electron chi connectivity index (χ3n) is 8.28. The Morgan fingerprint density at radius 3 is 2.38 bits per heavy atom. The minimum Gasteiger partial charge on any atom is -0.478 e. The predicted molar refractivity (Wildman–Crippen MR) is 139 cm³/mol. The second-order valence-corrected chi connectivity index (χ2v) is 12.6. The van der Waals surface area contributed by atoms with Crippen LogP contribution in [0.25, 0.3) is 0 Å². The molecule has 0 unspecified atom stereocenters. The monoisotopic (exact) mass is 599 g/mol. The summed E-state index contributed by atoms with van der Waals surface area (Å²) in [5, 5.41) is 6.72. The number of likely N-dealkylation sites (tertiary alicyclic amines) is 1. The Bertz CT molecular complexity index is 1330. The average Bonchev–Trinajstić information content (AvgIpc) is 3.19. The molecule has 3 aliphatic rings. The molecule has 1 saturated carbocycles. The summed E-state index contributed by atoms with van der Waals surface area (Å²) < 4.78 is 58.3. The second kappa shape index (κ2) is 10.4. The van der Waals surface area contributed by atoms with Gasteiger partial charge in [0, 0.05) is 19.0 Å². The molecule has 0 spiro atoms. The smallest absolute Gasteiger partial charge is 0.471 e. The maximum Gasteiger partial charge on any atom is 0.471 e. The van der Waals surface area contributed by atoms with Crippen LogP contribution < -0.4 is 26.4 Å². The fraction of sp³-hybridized carbons (Fsp3) is 0.593. The summed E-state index contributed by atoms with van der Waals surface area (Å²) in [5.41, 5.74) is 4.08. The van der Waals surface area contributed by atoms with E-state index in [1.54, 1.807) is 5.32 Å². The highest BCUT2D eigenvalue weighted by Gasteiger charge is 2.70. The van der Waals surface area contributed by atoms with Crippen LogP contribution in [0.15, 0.2) is 18.2 Å². The first-order valence-corrected chi connectivity index (χ1v) is 13.3. The fourth-order valence-corrected chi connectivity index (χ4v) is 5.84. The summed E-state index contributed by atoms with van der Waals surface area (Å²) in [5.74, 6) is -6.68. The van der Waals surface area contributed by atoms with Crippen LogP contribution in [0.4, 0.5) is 23.2 Å². The summed E-state index contributed by atoms with van der Waals surface area (Å²) in [4.78, 5) is 65.1. The van der Waals surface area contributed by atoms with Gasteiger partial charge in [-0.25, -0.2) is 4.39 Å². The number of hydrogen-bond acceptors (Lipinski definition) is 6. The number of carbonyl (C=O) groups is 5. The van der Waals surface area contributed by atoms with Crippen LogP contribution in [-0.2, 0) is 24.0 Å². The van der Waals surface area contributed by atoms with Gasteiger partial charge in [-0.1, -0.05) is 34.6 Å². The lowest BCUT2D eigenvalue weighted by molar-refractivity contribution is -0.176. The van der Waals surface area contributed by atoms with E-state index in [0.717, 1.165) is 17.0 Å². The number of fused-ring (bicyclic) bond motifs is 2. The van der Waals surface area contributed by atoms with E-state index < -0.39 is 83.0 Å². The van der Waals surface area contributed by atoms with Gasteiger partial charge in [0.2, 0.25) is 17.7 Å². The van der Waals surface area contributed by atoms with Crippen LogP contribution >= 0.6 is 0 Å². The lowest BCUT2D eigenvalue weighted by Crippen LogP contribution is -2.61. The number of nitrogens with two attached hydrogens (primary N) is 1. The second-order valence-electron chi connectivity index (χ2n) is 12.6. The van der Waals surface area contributed by atoms with Gasteiger partial charge in [-0.05, 0) is 34.8 Å². The van der Waals surface area contributed by atoms with E-state index in [0.29, 0.717) is 0 Å². The summed E-state index contributed by atoms with van der Waals surface area (Å²) in [6, 6.07) is -0.775. The normalized spacial score (nSPS) is 25.6. The molecule has 1 aromatic carbocycles. The van der Waals surface area contributed by atoms with Gasteiger partial charge in [-0.3, -0.25) is 24.0 Å². The number of halogens is 4. The number of nitrogens with zero attached hydrogens (tertiary/aromatic N) is 1. The number of piperidine rings is 1. The number of primary amides is 1. The van der Waals surface area contributed by atoms with Crippen LogP contribution in [0.3, 0.4) is 0 Å². The van der Waals surface area contributed by atoms with E-state index in [4.69, 9.17) is 10.5 Å². The molecular formula is C27H33F4N5O6. The molecule has 1 aromatic rings. The van der Waals surface area contributed by atoms with Gasteiger partial charge in [0.25, 0.3) is 5.91 Å². The maximum atomic E-state index is 13.6. The zero-order valence-electron chi connectivity index (χ0n) is 23.6. The van der Waals surface area contributed by atoms with Crippen molar-refractivity contribution in [2.24, 2.45) is 28.4 Å². The predicted octanol–water partition coefficient (Wildman–Crippen LogP) is 1.46. The highest BCUT2D eigenvalue weighted by Crippen LogP contribution is 2.65. The molecular weight excluding hydrogens is 566 g/mol. The summed E-state index contributed by atoms with van der Waals surface area (Å²) >= 11 is 0. The molecule has 1 aliphatic carbocycles. The SMILES string of the molecule is CC(C)(C)[C@H](NC(=O)C(F)(F)F)C(=O)N1C[C@H]2[C@@H]([C@H]1C(=O)N[C@@H](C[C@@H]1Oc3ccc(F)cc3NC1=O)C(N)=O)C2(C)C. The summed E-state index contributed by atoms with van der Waals surface area (Å²) in [6.07, 6.45) is -6.91. The molecule has 5 N–H and O–H groups in total. The quantitative estimate of drug-likeness (QED) is 0.347. The number of nitrogens with one attached hydrogen (secondary N) is 3. The number of hydrogen-bond donors (Lipinski definition) is 4. The minimum absolute atomic E-state index is 0.0474. The first kappa shape index (κ1) is 31.0. The highest BCUT2D eigenvalue weighted by atomic mass is 19.4. The molecule has 0 aromatic heterocycles. The zero-order valence-corrected chi connectivity index (χ0v) is 23.6. The fourth-order valence-electron chi connectivity index (χ4n) is 5.84. The molecule has 4 rings (SSSR count). The van der Waals surface area contributed by atoms with Crippen molar-refractivity contribution in [2.45, 2.75) is 71.4 Å². The van der Waals surface area contributed by atoms with Crippen LogP contribution in [0.2, 0.25) is 0 Å². The number of anilines is 1. The van der Waals surface area contributed by atoms with Gasteiger partial charge in [0.1, 0.15) is 29.7 Å². The van der Waals surface area contributed by atoms with Gasteiger partial charge in [-0.2, -0.15) is 13.2 Å². The molecule has 5 amide bonds. The van der Waals surface area contributed by atoms with Gasteiger partial charge in [0.15, 0.2) is 6.10 Å². The Morgan fingerprint density at radius 1 is 1.17 bits per heavy atom. The summed E-state index contributed by atoms with van der Waals surface area (Å²) in [7, 11) is 0. The Labute approximate surface area is 238 Å². The number of benzene rings is 1. The highest BCUT2D eigenvalue weighted by molar-refractivity contribution is 5.99. The Morgan fingerprint density at radius 2 is 1.81 bits per heavy atom. The van der Waals surface area contributed by atoms with Gasteiger partial charge < -0.3 is 31.3 Å². The lowest BCUT2D eigenvalue weighted by atomic mass is 9.85. The Kier molecular flexibility index (Phi) is 7.70. The third-order valence-corrected chi connectivity index (χ3v) is 8.28. The lowest BCUT2D eigenvalue weighted by Gasteiger charge is -2.38.